The van der Waals surface area contributed by atoms with Gasteiger partial charge >= 0.3 is 0 Å². The van der Waals surface area contributed by atoms with Gasteiger partial charge in [-0.05, 0) is 39.8 Å². The number of hydrogen-bond acceptors (Lipinski definition) is 0. The lowest BCUT2D eigenvalue weighted by atomic mass is 9.65. The standard InChI is InChI=1S/C30H27B7BrN/c31-21-19-20-22(32)28(38)25(35)27(37)30(20)39(29(19)26(36)24(34)23(21)33)18-12-10-17(11-13-18)16-8-6-15(7-9-16)14-4-2-1-3-5-14/h1-13H,31-37H2. The molecule has 1 aromatic heterocycles. The van der Waals surface area contributed by atoms with E-state index in [9.17, 15) is 0 Å². The van der Waals surface area contributed by atoms with Gasteiger partial charge in [-0.2, -0.15) is 0 Å². The summed E-state index contributed by atoms with van der Waals surface area (Å²) in [6.07, 6.45) is 0. The first kappa shape index (κ1) is 26.1. The van der Waals surface area contributed by atoms with Crippen LogP contribution in [0.5, 0.6) is 0 Å². The molecule has 0 saturated carbocycles. The molecule has 0 radical (unpaired) electrons. The smallest absolute Gasteiger partial charge is 0.141 e. The molecule has 180 valence electrons. The van der Waals surface area contributed by atoms with Crippen molar-refractivity contribution in [3.05, 3.63) is 83.3 Å². The van der Waals surface area contributed by atoms with E-state index in [0.717, 1.165) is 0 Å². The average Bonchev–Trinajstić information content (AvgIpc) is 3.34. The van der Waals surface area contributed by atoms with Crippen molar-refractivity contribution in [3.8, 4) is 27.9 Å². The summed E-state index contributed by atoms with van der Waals surface area (Å²) in [6.45, 7) is 0. The number of halogens is 1. The Kier molecular flexibility index (Phi) is 6.54. The Morgan fingerprint density at radius 3 is 1.36 bits per heavy atom. The molecular formula is C30H27B7BrN. The second-order valence-electron chi connectivity index (χ2n) is 11.0. The summed E-state index contributed by atoms with van der Waals surface area (Å²) in [5.74, 6) is 0. The molecule has 0 N–H and O–H groups in total. The second-order valence-corrected chi connectivity index (χ2v) is 11.8. The van der Waals surface area contributed by atoms with Gasteiger partial charge in [0.1, 0.15) is 54.9 Å². The highest BCUT2D eigenvalue weighted by molar-refractivity contribution is 9.10. The van der Waals surface area contributed by atoms with Crippen LogP contribution in [0.1, 0.15) is 0 Å². The molecule has 0 spiro atoms. The van der Waals surface area contributed by atoms with Gasteiger partial charge in [0.2, 0.25) is 0 Å². The van der Waals surface area contributed by atoms with Crippen LogP contribution in [0.25, 0.3) is 49.7 Å². The first-order chi connectivity index (χ1) is 18.7. The number of hydrogen-bond donors (Lipinski definition) is 0. The summed E-state index contributed by atoms with van der Waals surface area (Å²) in [4.78, 5) is 0. The first-order valence-corrected chi connectivity index (χ1v) is 14.5. The van der Waals surface area contributed by atoms with Gasteiger partial charge in [0.15, 0.2) is 0 Å². The Balaban J connectivity index is 1.56. The predicted molar refractivity (Wildman–Crippen MR) is 197 cm³/mol. The topological polar surface area (TPSA) is 4.93 Å². The molecular weight excluding hydrogens is 530 g/mol. The van der Waals surface area contributed by atoms with Crippen LogP contribution in [0.4, 0.5) is 0 Å². The Morgan fingerprint density at radius 1 is 0.410 bits per heavy atom. The van der Waals surface area contributed by atoms with Crippen molar-refractivity contribution in [1.82, 2.24) is 4.57 Å². The molecule has 9 heteroatoms. The van der Waals surface area contributed by atoms with E-state index in [4.69, 9.17) is 0 Å². The van der Waals surface area contributed by atoms with Crippen molar-refractivity contribution in [1.29, 1.82) is 0 Å². The van der Waals surface area contributed by atoms with E-state index in [1.54, 1.807) is 0 Å². The Labute approximate surface area is 245 Å². The normalized spacial score (nSPS) is 11.4. The minimum absolute atomic E-state index is 1.20. The Hall–Kier alpha value is -3.17. The minimum atomic E-state index is 1.20. The van der Waals surface area contributed by atoms with Gasteiger partial charge in [-0.25, -0.2) is 0 Å². The van der Waals surface area contributed by atoms with Crippen molar-refractivity contribution in [2.45, 2.75) is 0 Å². The van der Waals surface area contributed by atoms with E-state index in [-0.39, 0.29) is 0 Å². The molecule has 0 aliphatic heterocycles. The van der Waals surface area contributed by atoms with Crippen molar-refractivity contribution < 1.29 is 0 Å². The van der Waals surface area contributed by atoms with E-state index in [1.165, 1.54) is 92.5 Å². The number of nitrogens with zero attached hydrogens (tertiary/aromatic N) is 1. The maximum atomic E-state index is 3.92. The van der Waals surface area contributed by atoms with Gasteiger partial charge in [0.05, 0.1) is 0 Å². The highest BCUT2D eigenvalue weighted by Gasteiger charge is 2.23. The van der Waals surface area contributed by atoms with Gasteiger partial charge in [0.25, 0.3) is 0 Å². The van der Waals surface area contributed by atoms with Crippen LogP contribution in [0, 0.1) is 0 Å². The monoisotopic (exact) mass is 557 g/mol. The molecule has 6 rings (SSSR count). The molecule has 6 aromatic rings. The molecule has 0 aliphatic carbocycles. The molecule has 0 fully saturated rings. The molecule has 0 unspecified atom stereocenters. The first-order valence-electron chi connectivity index (χ1n) is 13.7. The van der Waals surface area contributed by atoms with Crippen LogP contribution in [0.15, 0.2) is 83.3 Å². The third kappa shape index (κ3) is 4.01. The molecule has 1 heterocycles. The summed E-state index contributed by atoms with van der Waals surface area (Å²) < 4.78 is 3.74. The van der Waals surface area contributed by atoms with Crippen molar-refractivity contribution in [2.24, 2.45) is 0 Å². The van der Waals surface area contributed by atoms with Crippen LogP contribution < -0.4 is 38.2 Å². The van der Waals surface area contributed by atoms with Crippen LogP contribution in [-0.4, -0.2) is 59.5 Å². The molecule has 0 atom stereocenters. The maximum Gasteiger partial charge on any atom is 0.141 e. The quantitative estimate of drug-likeness (QED) is 0.201. The van der Waals surface area contributed by atoms with Crippen LogP contribution in [-0.2, 0) is 0 Å². The number of rotatable bonds is 3. The molecule has 0 saturated heterocycles. The third-order valence-electron chi connectivity index (χ3n) is 8.99. The summed E-state index contributed by atoms with van der Waals surface area (Å²) in [5.41, 5.74) is 18.3. The van der Waals surface area contributed by atoms with E-state index in [1.807, 2.05) is 0 Å². The van der Waals surface area contributed by atoms with Crippen molar-refractivity contribution in [2.75, 3.05) is 0 Å². The fourth-order valence-corrected chi connectivity index (χ4v) is 6.72. The molecule has 1 nitrogen and oxygen atoms in total. The zero-order valence-corrected chi connectivity index (χ0v) is 25.4. The number of benzene rings is 5. The zero-order chi connectivity index (χ0) is 27.6. The van der Waals surface area contributed by atoms with E-state index in [0.29, 0.717) is 0 Å². The van der Waals surface area contributed by atoms with Crippen LogP contribution in [0.3, 0.4) is 0 Å². The Morgan fingerprint density at radius 2 is 0.821 bits per heavy atom. The SMILES string of the molecule is Bc1c(B)c(B)c2c(c1B)c1c(B)c(Br)c(B)c(B)c1n2-c1ccc(-c2ccc(-c3ccccc3)cc2)cc1. The summed E-state index contributed by atoms with van der Waals surface area (Å²) in [7, 11) is 15.9. The second kappa shape index (κ2) is 9.79. The Bertz CT molecular complexity index is 1840. The lowest BCUT2D eigenvalue weighted by Gasteiger charge is -2.17. The summed E-state index contributed by atoms with van der Waals surface area (Å²) in [6, 6.07) is 28.6. The van der Waals surface area contributed by atoms with E-state index >= 15 is 0 Å². The van der Waals surface area contributed by atoms with Crippen LogP contribution >= 0.6 is 15.9 Å². The average molecular weight is 557 g/mol. The summed E-state index contributed by atoms with van der Waals surface area (Å²) in [5, 5.41) is 2.75. The van der Waals surface area contributed by atoms with Gasteiger partial charge in [-0.3, -0.25) is 0 Å². The molecule has 0 bridgehead atoms. The number of fused-ring (bicyclic) bond motifs is 3. The minimum Gasteiger partial charge on any atom is -0.310 e. The van der Waals surface area contributed by atoms with Gasteiger partial charge < -0.3 is 4.57 Å². The van der Waals surface area contributed by atoms with E-state index < -0.39 is 0 Å². The fourth-order valence-electron chi connectivity index (χ4n) is 6.22. The highest BCUT2D eigenvalue weighted by Crippen LogP contribution is 2.30. The van der Waals surface area contributed by atoms with Crippen LogP contribution in [0.2, 0.25) is 0 Å². The summed E-state index contributed by atoms with van der Waals surface area (Å²) >= 11 is 3.92. The van der Waals surface area contributed by atoms with Gasteiger partial charge in [-0.1, -0.05) is 115 Å². The third-order valence-corrected chi connectivity index (χ3v) is 10.2. The fraction of sp³-hybridized carbons (Fsp3) is 0. The maximum absolute atomic E-state index is 3.92. The lowest BCUT2D eigenvalue weighted by Crippen LogP contribution is -2.48. The number of aromatic nitrogens is 1. The lowest BCUT2D eigenvalue weighted by molar-refractivity contribution is 1.19. The van der Waals surface area contributed by atoms with Gasteiger partial charge in [-0.15, -0.1) is 5.46 Å². The predicted octanol–water partition coefficient (Wildman–Crippen LogP) is -3.31. The molecule has 0 aliphatic rings. The van der Waals surface area contributed by atoms with E-state index in [2.05, 4.69) is 154 Å². The molecule has 39 heavy (non-hydrogen) atoms. The largest absolute Gasteiger partial charge is 0.310 e. The van der Waals surface area contributed by atoms with Crippen molar-refractivity contribution >= 4 is 131 Å². The van der Waals surface area contributed by atoms with Crippen molar-refractivity contribution in [3.63, 3.8) is 0 Å². The van der Waals surface area contributed by atoms with Gasteiger partial charge in [0, 0.05) is 26.6 Å². The molecule has 5 aromatic carbocycles. The zero-order valence-electron chi connectivity index (χ0n) is 23.8. The highest BCUT2D eigenvalue weighted by atomic mass is 79.9. The molecule has 0 amide bonds.